The van der Waals surface area contributed by atoms with Crippen molar-refractivity contribution in [3.8, 4) is 6.07 Å². The van der Waals surface area contributed by atoms with Gasteiger partial charge in [-0.2, -0.15) is 5.26 Å². The summed E-state index contributed by atoms with van der Waals surface area (Å²) < 4.78 is 0. The SMILES string of the molecule is C/C(=C(\C#N)c1cccc(Cl)c1Cl)C(C)C. The number of allylic oxidation sites excluding steroid dienone is 2. The molecule has 0 aliphatic heterocycles. The van der Waals surface area contributed by atoms with Crippen LogP contribution in [0.3, 0.4) is 0 Å². The molecule has 0 unspecified atom stereocenters. The summed E-state index contributed by atoms with van der Waals surface area (Å²) in [6.07, 6.45) is 0. The molecule has 16 heavy (non-hydrogen) atoms. The minimum absolute atomic E-state index is 0.310. The molecule has 0 N–H and O–H groups in total. The minimum atomic E-state index is 0.310. The molecule has 0 fully saturated rings. The van der Waals surface area contributed by atoms with Crippen LogP contribution in [0.15, 0.2) is 23.8 Å². The highest BCUT2D eigenvalue weighted by molar-refractivity contribution is 6.43. The molecular formula is C13H13Cl2N. The highest BCUT2D eigenvalue weighted by Crippen LogP contribution is 2.33. The van der Waals surface area contributed by atoms with E-state index < -0.39 is 0 Å². The molecule has 84 valence electrons. The maximum Gasteiger partial charge on any atom is 0.0998 e. The van der Waals surface area contributed by atoms with Gasteiger partial charge in [0.05, 0.1) is 21.7 Å². The van der Waals surface area contributed by atoms with Crippen molar-refractivity contribution in [1.82, 2.24) is 0 Å². The monoisotopic (exact) mass is 253 g/mol. The Balaban J connectivity index is 3.43. The maximum atomic E-state index is 9.20. The molecule has 3 heteroatoms. The second-order valence-electron chi connectivity index (χ2n) is 3.93. The number of halogens is 2. The standard InChI is InChI=1S/C13H13Cl2N/c1-8(2)9(3)11(7-16)10-5-4-6-12(14)13(10)15/h4-6,8H,1-3H3/b11-9-. The molecule has 0 aromatic heterocycles. The lowest BCUT2D eigenvalue weighted by Crippen LogP contribution is -1.95. The summed E-state index contributed by atoms with van der Waals surface area (Å²) in [5.41, 5.74) is 2.34. The summed E-state index contributed by atoms with van der Waals surface area (Å²) in [6.45, 7) is 6.04. The van der Waals surface area contributed by atoms with E-state index in [1.54, 1.807) is 12.1 Å². The number of benzene rings is 1. The fraction of sp³-hybridized carbons (Fsp3) is 0.308. The van der Waals surface area contributed by atoms with Gasteiger partial charge in [0.2, 0.25) is 0 Å². The van der Waals surface area contributed by atoms with Crippen LogP contribution in [-0.2, 0) is 0 Å². The molecule has 0 spiro atoms. The van der Waals surface area contributed by atoms with Crippen molar-refractivity contribution in [2.45, 2.75) is 20.8 Å². The van der Waals surface area contributed by atoms with Gasteiger partial charge < -0.3 is 0 Å². The fourth-order valence-electron chi connectivity index (χ4n) is 1.35. The Hall–Kier alpha value is -0.970. The van der Waals surface area contributed by atoms with Gasteiger partial charge in [0.1, 0.15) is 0 Å². The maximum absolute atomic E-state index is 9.20. The van der Waals surface area contributed by atoms with E-state index in [1.165, 1.54) is 0 Å². The van der Waals surface area contributed by atoms with Crippen molar-refractivity contribution in [3.05, 3.63) is 39.4 Å². The minimum Gasteiger partial charge on any atom is -0.192 e. The third kappa shape index (κ3) is 2.58. The van der Waals surface area contributed by atoms with Gasteiger partial charge in [-0.3, -0.25) is 0 Å². The molecular weight excluding hydrogens is 241 g/mol. The van der Waals surface area contributed by atoms with Gasteiger partial charge >= 0.3 is 0 Å². The van der Waals surface area contributed by atoms with Gasteiger partial charge in [0, 0.05) is 5.56 Å². The van der Waals surface area contributed by atoms with E-state index in [0.29, 0.717) is 27.1 Å². The van der Waals surface area contributed by atoms with Gasteiger partial charge in [0.15, 0.2) is 0 Å². The van der Waals surface area contributed by atoms with E-state index in [1.807, 2.05) is 26.8 Å². The van der Waals surface area contributed by atoms with E-state index in [4.69, 9.17) is 23.2 Å². The number of hydrogen-bond acceptors (Lipinski definition) is 1. The normalized spacial score (nSPS) is 12.3. The summed E-state index contributed by atoms with van der Waals surface area (Å²) in [7, 11) is 0. The van der Waals surface area contributed by atoms with E-state index in [9.17, 15) is 5.26 Å². The molecule has 0 atom stereocenters. The van der Waals surface area contributed by atoms with E-state index in [2.05, 4.69) is 6.07 Å². The second-order valence-corrected chi connectivity index (χ2v) is 4.71. The molecule has 1 rings (SSSR count). The summed E-state index contributed by atoms with van der Waals surface area (Å²) in [5, 5.41) is 10.1. The first-order chi connectivity index (χ1) is 7.49. The number of rotatable bonds is 2. The summed E-state index contributed by atoms with van der Waals surface area (Å²) in [4.78, 5) is 0. The first-order valence-electron chi connectivity index (χ1n) is 5.04. The van der Waals surface area contributed by atoms with Crippen molar-refractivity contribution in [3.63, 3.8) is 0 Å². The van der Waals surface area contributed by atoms with Crippen LogP contribution in [0.2, 0.25) is 10.0 Å². The lowest BCUT2D eigenvalue weighted by Gasteiger charge is -2.11. The van der Waals surface area contributed by atoms with E-state index >= 15 is 0 Å². The van der Waals surface area contributed by atoms with Gasteiger partial charge in [-0.05, 0) is 18.9 Å². The van der Waals surface area contributed by atoms with Crippen molar-refractivity contribution in [2.75, 3.05) is 0 Å². The van der Waals surface area contributed by atoms with Crippen LogP contribution in [0.1, 0.15) is 26.3 Å². The Bertz CT molecular complexity index is 467. The van der Waals surface area contributed by atoms with Crippen molar-refractivity contribution >= 4 is 28.8 Å². The Morgan fingerprint density at radius 2 is 1.94 bits per heavy atom. The molecule has 0 bridgehead atoms. The predicted molar refractivity (Wildman–Crippen MR) is 69.5 cm³/mol. The molecule has 0 radical (unpaired) electrons. The first-order valence-corrected chi connectivity index (χ1v) is 5.79. The summed E-state index contributed by atoms with van der Waals surface area (Å²) >= 11 is 12.0. The highest BCUT2D eigenvalue weighted by atomic mass is 35.5. The number of nitriles is 1. The number of nitrogens with zero attached hydrogens (tertiary/aromatic N) is 1. The molecule has 1 aromatic rings. The Morgan fingerprint density at radius 3 is 2.44 bits per heavy atom. The average Bonchev–Trinajstić information content (AvgIpc) is 2.24. The Morgan fingerprint density at radius 1 is 1.31 bits per heavy atom. The van der Waals surface area contributed by atoms with Crippen molar-refractivity contribution in [1.29, 1.82) is 5.26 Å². The van der Waals surface area contributed by atoms with Crippen molar-refractivity contribution in [2.24, 2.45) is 5.92 Å². The van der Waals surface area contributed by atoms with Crippen molar-refractivity contribution < 1.29 is 0 Å². The molecule has 0 heterocycles. The number of hydrogen-bond donors (Lipinski definition) is 0. The second kappa shape index (κ2) is 5.39. The van der Waals surface area contributed by atoms with Crippen LogP contribution < -0.4 is 0 Å². The average molecular weight is 254 g/mol. The molecule has 1 aromatic carbocycles. The zero-order valence-corrected chi connectivity index (χ0v) is 11.0. The summed E-state index contributed by atoms with van der Waals surface area (Å²) in [6, 6.07) is 7.54. The topological polar surface area (TPSA) is 23.8 Å². The van der Waals surface area contributed by atoms with Crippen LogP contribution in [0, 0.1) is 17.2 Å². The van der Waals surface area contributed by atoms with Gasteiger partial charge in [-0.15, -0.1) is 0 Å². The lowest BCUT2D eigenvalue weighted by molar-refractivity contribution is 0.773. The van der Waals surface area contributed by atoms with Gasteiger partial charge in [0.25, 0.3) is 0 Å². The predicted octanol–water partition coefficient (Wildman–Crippen LogP) is 4.95. The molecule has 0 aliphatic rings. The molecule has 1 nitrogen and oxygen atoms in total. The molecule has 0 saturated carbocycles. The third-order valence-electron chi connectivity index (χ3n) is 2.59. The van der Waals surface area contributed by atoms with Crippen LogP contribution in [0.4, 0.5) is 0 Å². The van der Waals surface area contributed by atoms with Crippen LogP contribution >= 0.6 is 23.2 Å². The quantitative estimate of drug-likeness (QED) is 0.685. The lowest BCUT2D eigenvalue weighted by atomic mass is 9.95. The van der Waals surface area contributed by atoms with Gasteiger partial charge in [-0.25, -0.2) is 0 Å². The molecule has 0 saturated heterocycles. The highest BCUT2D eigenvalue weighted by Gasteiger charge is 2.13. The summed E-state index contributed by atoms with van der Waals surface area (Å²) in [5.74, 6) is 0.310. The van der Waals surface area contributed by atoms with E-state index in [-0.39, 0.29) is 0 Å². The Kier molecular flexibility index (Phi) is 4.41. The largest absolute Gasteiger partial charge is 0.192 e. The smallest absolute Gasteiger partial charge is 0.0998 e. The van der Waals surface area contributed by atoms with Crippen LogP contribution in [0.5, 0.6) is 0 Å². The van der Waals surface area contributed by atoms with Crippen LogP contribution in [-0.4, -0.2) is 0 Å². The Labute approximate surface area is 106 Å². The fourth-order valence-corrected chi connectivity index (χ4v) is 1.74. The zero-order chi connectivity index (χ0) is 12.3. The molecule has 0 aliphatic carbocycles. The first kappa shape index (κ1) is 13.1. The van der Waals surface area contributed by atoms with E-state index in [0.717, 1.165) is 5.57 Å². The van der Waals surface area contributed by atoms with Crippen LogP contribution in [0.25, 0.3) is 5.57 Å². The molecule has 0 amide bonds. The zero-order valence-electron chi connectivity index (χ0n) is 9.51. The van der Waals surface area contributed by atoms with Gasteiger partial charge in [-0.1, -0.05) is 54.8 Å². The third-order valence-corrected chi connectivity index (χ3v) is 3.41.